The zero-order chi connectivity index (χ0) is 12.0. The Morgan fingerprint density at radius 1 is 1.50 bits per heavy atom. The number of hydrogen-bond acceptors (Lipinski definition) is 3. The Balaban J connectivity index is 2.55. The summed E-state index contributed by atoms with van der Waals surface area (Å²) in [7, 11) is 1.57. The van der Waals surface area contributed by atoms with Crippen LogP contribution in [0.15, 0.2) is 22.7 Å². The van der Waals surface area contributed by atoms with Crippen molar-refractivity contribution in [1.29, 1.82) is 0 Å². The molecule has 0 fully saturated rings. The average Bonchev–Trinajstić information content (AvgIpc) is 2.27. The molecule has 0 unspecified atom stereocenters. The summed E-state index contributed by atoms with van der Waals surface area (Å²) >= 11 is 5.41. The van der Waals surface area contributed by atoms with Gasteiger partial charge in [-0.15, -0.1) is 0 Å². The van der Waals surface area contributed by atoms with Crippen molar-refractivity contribution in [1.82, 2.24) is 5.48 Å². The maximum Gasteiger partial charge on any atom is 0.275 e. The number of halogens is 2. The summed E-state index contributed by atoms with van der Waals surface area (Å²) < 4.78 is 6.51. The number of carbonyl (C=O) groups is 1. The summed E-state index contributed by atoms with van der Waals surface area (Å²) in [6.45, 7) is 0.767. The van der Waals surface area contributed by atoms with Crippen LogP contribution in [0, 0.1) is 3.57 Å². The van der Waals surface area contributed by atoms with E-state index < -0.39 is 0 Å². The number of amides is 1. The predicted molar refractivity (Wildman–Crippen MR) is 72.2 cm³/mol. The third kappa shape index (κ3) is 4.36. The van der Waals surface area contributed by atoms with Gasteiger partial charge in [-0.05, 0) is 40.8 Å². The van der Waals surface area contributed by atoms with Crippen LogP contribution < -0.4 is 5.48 Å². The highest BCUT2D eigenvalue weighted by molar-refractivity contribution is 14.1. The van der Waals surface area contributed by atoms with Crippen molar-refractivity contribution in [2.24, 2.45) is 0 Å². The number of ether oxygens (including phenoxy) is 1. The van der Waals surface area contributed by atoms with E-state index in [0.717, 1.165) is 8.04 Å². The molecule has 0 bridgehead atoms. The van der Waals surface area contributed by atoms with E-state index in [2.05, 4.69) is 44.0 Å². The first-order chi connectivity index (χ1) is 7.65. The molecule has 1 aromatic rings. The van der Waals surface area contributed by atoms with Gasteiger partial charge in [0.15, 0.2) is 0 Å². The van der Waals surface area contributed by atoms with Gasteiger partial charge in [-0.25, -0.2) is 5.48 Å². The molecule has 1 rings (SSSR count). The van der Waals surface area contributed by atoms with E-state index in [-0.39, 0.29) is 5.91 Å². The number of carbonyl (C=O) groups excluding carboxylic acids is 1. The van der Waals surface area contributed by atoms with Crippen molar-refractivity contribution >= 4 is 44.4 Å². The van der Waals surface area contributed by atoms with E-state index in [4.69, 9.17) is 9.57 Å². The molecule has 0 saturated heterocycles. The molecule has 0 atom stereocenters. The highest BCUT2D eigenvalue weighted by atomic mass is 127. The number of benzene rings is 1. The van der Waals surface area contributed by atoms with Gasteiger partial charge in [-0.2, -0.15) is 0 Å². The Morgan fingerprint density at radius 2 is 2.25 bits per heavy atom. The first kappa shape index (κ1) is 13.9. The second-order valence-corrected chi connectivity index (χ2v) is 4.97. The monoisotopic (exact) mass is 399 g/mol. The first-order valence-electron chi connectivity index (χ1n) is 4.51. The summed E-state index contributed by atoms with van der Waals surface area (Å²) in [6.07, 6.45) is 0. The second-order valence-electron chi connectivity index (χ2n) is 2.90. The van der Waals surface area contributed by atoms with Crippen molar-refractivity contribution in [3.05, 3.63) is 31.8 Å². The third-order valence-corrected chi connectivity index (χ3v) is 3.16. The maximum atomic E-state index is 11.7. The van der Waals surface area contributed by atoms with E-state index in [1.165, 1.54) is 0 Å². The van der Waals surface area contributed by atoms with Gasteiger partial charge >= 0.3 is 0 Å². The normalized spacial score (nSPS) is 10.2. The molecule has 1 aromatic carbocycles. The molecular formula is C10H11BrINO3. The van der Waals surface area contributed by atoms with Crippen LogP contribution in [0.25, 0.3) is 0 Å². The number of methoxy groups -OCH3 is 1. The van der Waals surface area contributed by atoms with Crippen LogP contribution >= 0.6 is 38.5 Å². The summed E-state index contributed by atoms with van der Waals surface area (Å²) in [4.78, 5) is 16.6. The standard InChI is InChI=1S/C10H11BrINO3/c1-15-4-5-16-13-10(14)8-6-7(11)2-3-9(8)12/h2-3,6H,4-5H2,1H3,(H,13,14). The van der Waals surface area contributed by atoms with Gasteiger partial charge in [-0.3, -0.25) is 9.63 Å². The van der Waals surface area contributed by atoms with Crippen LogP contribution in [0.1, 0.15) is 10.4 Å². The minimum Gasteiger partial charge on any atom is -0.382 e. The minimum absolute atomic E-state index is 0.262. The van der Waals surface area contributed by atoms with Gasteiger partial charge in [-0.1, -0.05) is 15.9 Å². The zero-order valence-corrected chi connectivity index (χ0v) is 12.4. The van der Waals surface area contributed by atoms with Crippen molar-refractivity contribution in [2.75, 3.05) is 20.3 Å². The molecule has 6 heteroatoms. The first-order valence-corrected chi connectivity index (χ1v) is 6.38. The molecule has 0 heterocycles. The van der Waals surface area contributed by atoms with E-state index >= 15 is 0 Å². The number of hydroxylamine groups is 1. The lowest BCUT2D eigenvalue weighted by molar-refractivity contribution is 0.00883. The van der Waals surface area contributed by atoms with Gasteiger partial charge in [0, 0.05) is 15.2 Å². The van der Waals surface area contributed by atoms with E-state index in [0.29, 0.717) is 18.8 Å². The van der Waals surface area contributed by atoms with Crippen molar-refractivity contribution in [3.8, 4) is 0 Å². The van der Waals surface area contributed by atoms with Crippen LogP contribution in [0.2, 0.25) is 0 Å². The predicted octanol–water partition coefficient (Wildman–Crippen LogP) is 2.36. The van der Waals surface area contributed by atoms with E-state index in [1.54, 1.807) is 13.2 Å². The molecule has 0 spiro atoms. The number of nitrogens with one attached hydrogen (secondary N) is 1. The Labute approximate surface area is 116 Å². The lowest BCUT2D eigenvalue weighted by Crippen LogP contribution is -2.26. The zero-order valence-electron chi connectivity index (χ0n) is 8.63. The molecule has 0 radical (unpaired) electrons. The van der Waals surface area contributed by atoms with Crippen molar-refractivity contribution in [2.45, 2.75) is 0 Å². The smallest absolute Gasteiger partial charge is 0.275 e. The molecule has 0 aromatic heterocycles. The summed E-state index contributed by atoms with van der Waals surface area (Å²) in [5, 5.41) is 0. The van der Waals surface area contributed by atoms with Crippen LogP contribution in [0.5, 0.6) is 0 Å². The van der Waals surface area contributed by atoms with Crippen molar-refractivity contribution in [3.63, 3.8) is 0 Å². The molecule has 0 aliphatic heterocycles. The fourth-order valence-electron chi connectivity index (χ4n) is 0.968. The fourth-order valence-corrected chi connectivity index (χ4v) is 1.91. The van der Waals surface area contributed by atoms with Crippen LogP contribution in [0.4, 0.5) is 0 Å². The molecule has 1 amide bonds. The fraction of sp³-hybridized carbons (Fsp3) is 0.300. The average molecular weight is 400 g/mol. The lowest BCUT2D eigenvalue weighted by Gasteiger charge is -2.07. The van der Waals surface area contributed by atoms with Crippen LogP contribution in [-0.4, -0.2) is 26.2 Å². The number of rotatable bonds is 5. The molecule has 0 saturated carbocycles. The SMILES string of the molecule is COCCONC(=O)c1cc(Br)ccc1I. The molecule has 1 N–H and O–H groups in total. The Kier molecular flexibility index (Phi) is 6.25. The Morgan fingerprint density at radius 3 is 2.94 bits per heavy atom. The van der Waals surface area contributed by atoms with Gasteiger partial charge in [0.25, 0.3) is 5.91 Å². The lowest BCUT2D eigenvalue weighted by atomic mass is 10.2. The van der Waals surface area contributed by atoms with E-state index in [9.17, 15) is 4.79 Å². The topological polar surface area (TPSA) is 47.6 Å². The molecule has 88 valence electrons. The minimum atomic E-state index is -0.262. The van der Waals surface area contributed by atoms with Gasteiger partial charge < -0.3 is 4.74 Å². The summed E-state index contributed by atoms with van der Waals surface area (Å²) in [5.74, 6) is -0.262. The van der Waals surface area contributed by atoms with Gasteiger partial charge in [0.05, 0.1) is 18.8 Å². The number of hydrogen-bond donors (Lipinski definition) is 1. The quantitative estimate of drug-likeness (QED) is 0.469. The summed E-state index contributed by atoms with van der Waals surface area (Å²) in [5.41, 5.74) is 2.93. The Bertz CT molecular complexity index is 373. The largest absolute Gasteiger partial charge is 0.382 e. The molecule has 0 aliphatic carbocycles. The van der Waals surface area contributed by atoms with Gasteiger partial charge in [0.1, 0.15) is 0 Å². The molecule has 0 aliphatic rings. The van der Waals surface area contributed by atoms with Crippen LogP contribution in [-0.2, 0) is 9.57 Å². The van der Waals surface area contributed by atoms with Gasteiger partial charge in [0.2, 0.25) is 0 Å². The summed E-state index contributed by atoms with van der Waals surface area (Å²) in [6, 6.07) is 5.48. The molecular weight excluding hydrogens is 389 g/mol. The maximum absolute atomic E-state index is 11.7. The molecule has 4 nitrogen and oxygen atoms in total. The highest BCUT2D eigenvalue weighted by Crippen LogP contribution is 2.18. The highest BCUT2D eigenvalue weighted by Gasteiger charge is 2.10. The van der Waals surface area contributed by atoms with E-state index in [1.807, 2.05) is 12.1 Å². The Hall–Kier alpha value is -0.180. The molecule has 16 heavy (non-hydrogen) atoms. The van der Waals surface area contributed by atoms with Crippen LogP contribution in [0.3, 0.4) is 0 Å². The third-order valence-electron chi connectivity index (χ3n) is 1.73. The second kappa shape index (κ2) is 7.21. The van der Waals surface area contributed by atoms with Crippen molar-refractivity contribution < 1.29 is 14.4 Å².